The number of carbonyl (C=O) groups excluding carboxylic acids is 1. The van der Waals surface area contributed by atoms with Gasteiger partial charge in [-0.1, -0.05) is 6.92 Å². The van der Waals surface area contributed by atoms with Gasteiger partial charge in [-0.15, -0.1) is 0 Å². The maximum absolute atomic E-state index is 11.6. The second kappa shape index (κ2) is 3.93. The van der Waals surface area contributed by atoms with Gasteiger partial charge in [-0.05, 0) is 26.2 Å². The third-order valence-electron chi connectivity index (χ3n) is 3.55. The van der Waals surface area contributed by atoms with Crippen molar-refractivity contribution in [1.29, 1.82) is 0 Å². The highest BCUT2D eigenvalue weighted by molar-refractivity contribution is 5.79. The highest BCUT2D eigenvalue weighted by atomic mass is 16.8. The topological polar surface area (TPSA) is 65.0 Å². The molecule has 2 rings (SSSR count). The minimum atomic E-state index is -1.45. The summed E-state index contributed by atoms with van der Waals surface area (Å²) in [5, 5.41) is 10.3. The predicted molar refractivity (Wildman–Crippen MR) is 59.2 cm³/mol. The second-order valence-electron chi connectivity index (χ2n) is 5.55. The Balaban J connectivity index is 2.18. The van der Waals surface area contributed by atoms with E-state index in [1.165, 1.54) is 7.11 Å². The fraction of sp³-hybridized carbons (Fsp3) is 0.917. The molecule has 0 bridgehead atoms. The second-order valence-corrected chi connectivity index (χ2v) is 5.55. The summed E-state index contributed by atoms with van der Waals surface area (Å²) in [4.78, 5) is 11.6. The molecule has 1 heterocycles. The third-order valence-corrected chi connectivity index (χ3v) is 3.55. The van der Waals surface area contributed by atoms with Gasteiger partial charge < -0.3 is 19.3 Å². The summed E-state index contributed by atoms with van der Waals surface area (Å²) >= 11 is 0. The lowest BCUT2D eigenvalue weighted by atomic mass is 9.75. The number of methoxy groups -OCH3 is 1. The summed E-state index contributed by atoms with van der Waals surface area (Å²) in [7, 11) is 1.28. The lowest BCUT2D eigenvalue weighted by Crippen LogP contribution is -2.52. The van der Waals surface area contributed by atoms with Crippen LogP contribution in [0.3, 0.4) is 0 Å². The minimum Gasteiger partial charge on any atom is -0.467 e. The number of fused-ring (bicyclic) bond motifs is 1. The Hall–Kier alpha value is -0.650. The molecular formula is C12H20O5. The Labute approximate surface area is 101 Å². The van der Waals surface area contributed by atoms with Crippen LogP contribution < -0.4 is 0 Å². The highest BCUT2D eigenvalue weighted by Crippen LogP contribution is 2.43. The standard InChI is InChI=1S/C12H20O5/c1-7-5-12(14,10(13)15-4)6-8-9(7)17-11(2,3)16-8/h7-9,14H,5-6H2,1-4H3. The zero-order valence-corrected chi connectivity index (χ0v) is 10.7. The van der Waals surface area contributed by atoms with Gasteiger partial charge in [-0.2, -0.15) is 0 Å². The van der Waals surface area contributed by atoms with E-state index in [-0.39, 0.29) is 24.5 Å². The Kier molecular flexibility index (Phi) is 2.96. The van der Waals surface area contributed by atoms with Gasteiger partial charge in [0.2, 0.25) is 0 Å². The van der Waals surface area contributed by atoms with Crippen LogP contribution in [0.4, 0.5) is 0 Å². The Morgan fingerprint density at radius 1 is 1.35 bits per heavy atom. The summed E-state index contributed by atoms with van der Waals surface area (Å²) in [5.74, 6) is -1.18. The summed E-state index contributed by atoms with van der Waals surface area (Å²) in [6.45, 7) is 5.64. The van der Waals surface area contributed by atoms with Gasteiger partial charge in [0.25, 0.3) is 0 Å². The Morgan fingerprint density at radius 3 is 2.59 bits per heavy atom. The molecule has 0 spiro atoms. The fourth-order valence-corrected chi connectivity index (χ4v) is 2.93. The highest BCUT2D eigenvalue weighted by Gasteiger charge is 2.55. The summed E-state index contributed by atoms with van der Waals surface area (Å²) in [5.41, 5.74) is -1.45. The van der Waals surface area contributed by atoms with Gasteiger partial charge in [0.15, 0.2) is 11.4 Å². The molecule has 1 aliphatic heterocycles. The molecule has 1 saturated carbocycles. The molecule has 0 radical (unpaired) electrons. The van der Waals surface area contributed by atoms with Crippen LogP contribution in [0.1, 0.15) is 33.6 Å². The molecule has 2 fully saturated rings. The zero-order chi connectivity index (χ0) is 12.8. The van der Waals surface area contributed by atoms with Crippen LogP contribution in [0, 0.1) is 5.92 Å². The van der Waals surface area contributed by atoms with E-state index in [2.05, 4.69) is 4.74 Å². The molecule has 4 unspecified atom stereocenters. The van der Waals surface area contributed by atoms with Crippen molar-refractivity contribution in [3.63, 3.8) is 0 Å². The smallest absolute Gasteiger partial charge is 0.337 e. The average molecular weight is 244 g/mol. The van der Waals surface area contributed by atoms with Gasteiger partial charge >= 0.3 is 5.97 Å². The molecule has 5 heteroatoms. The average Bonchev–Trinajstić information content (AvgIpc) is 2.51. The molecule has 1 saturated heterocycles. The van der Waals surface area contributed by atoms with E-state index >= 15 is 0 Å². The molecule has 5 nitrogen and oxygen atoms in total. The number of carbonyl (C=O) groups is 1. The first kappa shape index (κ1) is 12.8. The number of hydrogen-bond acceptors (Lipinski definition) is 5. The van der Waals surface area contributed by atoms with Crippen molar-refractivity contribution in [3.05, 3.63) is 0 Å². The summed E-state index contributed by atoms with van der Waals surface area (Å²) in [6.07, 6.45) is 0.269. The molecule has 1 N–H and O–H groups in total. The molecule has 0 aromatic rings. The summed E-state index contributed by atoms with van der Waals surface area (Å²) in [6, 6.07) is 0. The van der Waals surface area contributed by atoms with E-state index in [1.807, 2.05) is 20.8 Å². The van der Waals surface area contributed by atoms with Crippen molar-refractivity contribution in [2.75, 3.05) is 7.11 Å². The van der Waals surface area contributed by atoms with E-state index in [0.717, 1.165) is 0 Å². The number of esters is 1. The molecular weight excluding hydrogens is 224 g/mol. The van der Waals surface area contributed by atoms with Gasteiger partial charge in [0.1, 0.15) is 0 Å². The van der Waals surface area contributed by atoms with Gasteiger partial charge in [0.05, 0.1) is 19.3 Å². The quantitative estimate of drug-likeness (QED) is 0.692. The minimum absolute atomic E-state index is 0.0552. The molecule has 17 heavy (non-hydrogen) atoms. The van der Waals surface area contributed by atoms with E-state index in [0.29, 0.717) is 6.42 Å². The maximum Gasteiger partial charge on any atom is 0.337 e. The van der Waals surface area contributed by atoms with Crippen molar-refractivity contribution in [3.8, 4) is 0 Å². The Morgan fingerprint density at radius 2 is 2.00 bits per heavy atom. The van der Waals surface area contributed by atoms with Crippen molar-refractivity contribution in [2.24, 2.45) is 5.92 Å². The first-order valence-electron chi connectivity index (χ1n) is 5.94. The van der Waals surface area contributed by atoms with Gasteiger partial charge in [0, 0.05) is 6.42 Å². The maximum atomic E-state index is 11.6. The zero-order valence-electron chi connectivity index (χ0n) is 10.7. The molecule has 0 amide bonds. The van der Waals surface area contributed by atoms with Gasteiger partial charge in [-0.25, -0.2) is 4.79 Å². The normalized spacial score (nSPS) is 44.2. The number of aliphatic hydroxyl groups is 1. The van der Waals surface area contributed by atoms with E-state index in [9.17, 15) is 9.90 Å². The monoisotopic (exact) mass is 244 g/mol. The van der Waals surface area contributed by atoms with Crippen molar-refractivity contribution >= 4 is 5.97 Å². The number of rotatable bonds is 1. The van der Waals surface area contributed by atoms with Crippen LogP contribution in [0.15, 0.2) is 0 Å². The van der Waals surface area contributed by atoms with Crippen molar-refractivity contribution < 1.29 is 24.1 Å². The van der Waals surface area contributed by atoms with Crippen LogP contribution in [0.5, 0.6) is 0 Å². The van der Waals surface area contributed by atoms with Crippen LogP contribution in [0.25, 0.3) is 0 Å². The van der Waals surface area contributed by atoms with Crippen molar-refractivity contribution in [1.82, 2.24) is 0 Å². The molecule has 0 aromatic heterocycles. The molecule has 4 atom stereocenters. The van der Waals surface area contributed by atoms with Crippen LogP contribution in [-0.4, -0.2) is 41.8 Å². The van der Waals surface area contributed by atoms with Crippen LogP contribution in [-0.2, 0) is 19.0 Å². The largest absolute Gasteiger partial charge is 0.467 e. The van der Waals surface area contributed by atoms with Gasteiger partial charge in [-0.3, -0.25) is 0 Å². The molecule has 0 aromatic carbocycles. The van der Waals surface area contributed by atoms with E-state index < -0.39 is 17.4 Å². The predicted octanol–water partition coefficient (Wildman–Crippen LogP) is 0.840. The number of ether oxygens (including phenoxy) is 3. The molecule has 98 valence electrons. The van der Waals surface area contributed by atoms with E-state index in [4.69, 9.17) is 9.47 Å². The van der Waals surface area contributed by atoms with E-state index in [1.54, 1.807) is 0 Å². The SMILES string of the molecule is COC(=O)C1(O)CC(C)C2OC(C)(C)OC2C1. The fourth-order valence-electron chi connectivity index (χ4n) is 2.93. The van der Waals surface area contributed by atoms with Crippen LogP contribution in [0.2, 0.25) is 0 Å². The van der Waals surface area contributed by atoms with Crippen LogP contribution >= 0.6 is 0 Å². The lowest BCUT2D eigenvalue weighted by Gasteiger charge is -2.38. The first-order valence-corrected chi connectivity index (χ1v) is 5.94. The summed E-state index contributed by atoms with van der Waals surface area (Å²) < 4.78 is 16.2. The Bertz CT molecular complexity index is 327. The number of hydrogen-bond donors (Lipinski definition) is 1. The lowest BCUT2D eigenvalue weighted by molar-refractivity contribution is -0.174. The van der Waals surface area contributed by atoms with Crippen molar-refractivity contribution in [2.45, 2.75) is 57.2 Å². The first-order chi connectivity index (χ1) is 7.77. The molecule has 2 aliphatic rings. The third kappa shape index (κ3) is 2.19. The molecule has 1 aliphatic carbocycles.